The molecule has 0 heterocycles. The van der Waals surface area contributed by atoms with Gasteiger partial charge in [-0.2, -0.15) is 0 Å². The highest BCUT2D eigenvalue weighted by atomic mass is 35.5. The predicted octanol–water partition coefficient (Wildman–Crippen LogP) is 4.72. The van der Waals surface area contributed by atoms with Crippen molar-refractivity contribution in [3.05, 3.63) is 69.0 Å². The summed E-state index contributed by atoms with van der Waals surface area (Å²) in [6.45, 7) is 1.88. The molecule has 0 saturated carbocycles. The van der Waals surface area contributed by atoms with E-state index in [4.69, 9.17) is 23.2 Å². The molecule has 0 radical (unpaired) electrons. The summed E-state index contributed by atoms with van der Waals surface area (Å²) in [4.78, 5) is 0. The van der Waals surface area contributed by atoms with E-state index in [9.17, 15) is 9.50 Å². The number of rotatable bonds is 3. The first-order valence-corrected chi connectivity index (χ1v) is 6.61. The second-order valence-electron chi connectivity index (χ2n) is 4.44. The first-order chi connectivity index (χ1) is 8.99. The maximum Gasteiger partial charge on any atom is 0.145 e. The SMILES string of the molecule is Cc1ccc(C(O)Cc2cccc(Cl)c2F)cc1Cl. The molecule has 0 aliphatic rings. The Morgan fingerprint density at radius 2 is 1.89 bits per heavy atom. The molecule has 1 nitrogen and oxygen atoms in total. The number of hydrogen-bond donors (Lipinski definition) is 1. The van der Waals surface area contributed by atoms with Gasteiger partial charge in [-0.05, 0) is 35.7 Å². The van der Waals surface area contributed by atoms with Crippen LogP contribution in [-0.2, 0) is 6.42 Å². The fourth-order valence-corrected chi connectivity index (χ4v) is 2.23. The van der Waals surface area contributed by atoms with Gasteiger partial charge in [-0.25, -0.2) is 4.39 Å². The van der Waals surface area contributed by atoms with Crippen molar-refractivity contribution in [2.75, 3.05) is 0 Å². The largest absolute Gasteiger partial charge is 0.388 e. The highest BCUT2D eigenvalue weighted by Crippen LogP contribution is 2.26. The van der Waals surface area contributed by atoms with E-state index in [2.05, 4.69) is 0 Å². The Bertz CT molecular complexity index is 599. The normalized spacial score (nSPS) is 12.5. The van der Waals surface area contributed by atoms with Gasteiger partial charge in [0.2, 0.25) is 0 Å². The topological polar surface area (TPSA) is 20.2 Å². The van der Waals surface area contributed by atoms with Crippen LogP contribution in [0.2, 0.25) is 10.0 Å². The molecule has 2 rings (SSSR count). The van der Waals surface area contributed by atoms with Gasteiger partial charge in [0, 0.05) is 11.4 Å². The summed E-state index contributed by atoms with van der Waals surface area (Å²) in [5, 5.41) is 10.8. The van der Waals surface area contributed by atoms with Gasteiger partial charge < -0.3 is 5.11 Å². The van der Waals surface area contributed by atoms with E-state index in [-0.39, 0.29) is 11.4 Å². The Hall–Kier alpha value is -1.09. The third kappa shape index (κ3) is 3.27. The molecule has 0 aliphatic heterocycles. The predicted molar refractivity (Wildman–Crippen MR) is 76.3 cm³/mol. The zero-order chi connectivity index (χ0) is 14.0. The third-order valence-electron chi connectivity index (χ3n) is 3.03. The Labute approximate surface area is 121 Å². The molecule has 2 aromatic carbocycles. The number of aliphatic hydroxyl groups is 1. The second kappa shape index (κ2) is 5.91. The summed E-state index contributed by atoms with van der Waals surface area (Å²) in [6.07, 6.45) is -0.655. The number of halogens is 3. The van der Waals surface area contributed by atoms with Crippen molar-refractivity contribution in [2.45, 2.75) is 19.4 Å². The first-order valence-electron chi connectivity index (χ1n) is 5.86. The summed E-state index contributed by atoms with van der Waals surface area (Å²) in [7, 11) is 0. The molecule has 0 aromatic heterocycles. The summed E-state index contributed by atoms with van der Waals surface area (Å²) < 4.78 is 13.8. The highest BCUT2D eigenvalue weighted by molar-refractivity contribution is 6.31. The average molecular weight is 299 g/mol. The molecular formula is C15H13Cl2FO. The van der Waals surface area contributed by atoms with E-state index in [0.717, 1.165) is 5.56 Å². The van der Waals surface area contributed by atoms with Crippen molar-refractivity contribution in [3.63, 3.8) is 0 Å². The van der Waals surface area contributed by atoms with Crippen LogP contribution in [0.25, 0.3) is 0 Å². The zero-order valence-corrected chi connectivity index (χ0v) is 11.8. The molecule has 2 aromatic rings. The lowest BCUT2D eigenvalue weighted by Crippen LogP contribution is -2.04. The molecular weight excluding hydrogens is 286 g/mol. The van der Waals surface area contributed by atoms with Crippen molar-refractivity contribution in [2.24, 2.45) is 0 Å². The Balaban J connectivity index is 2.23. The minimum Gasteiger partial charge on any atom is -0.388 e. The fourth-order valence-electron chi connectivity index (χ4n) is 1.85. The van der Waals surface area contributed by atoms with E-state index in [0.29, 0.717) is 16.1 Å². The maximum absolute atomic E-state index is 13.8. The molecule has 0 aliphatic carbocycles. The van der Waals surface area contributed by atoms with Gasteiger partial charge in [-0.3, -0.25) is 0 Å². The van der Waals surface area contributed by atoms with Crippen LogP contribution in [0.4, 0.5) is 4.39 Å². The van der Waals surface area contributed by atoms with Crippen LogP contribution in [0.15, 0.2) is 36.4 Å². The number of aryl methyl sites for hydroxylation is 1. The molecule has 0 amide bonds. The van der Waals surface area contributed by atoms with Crippen LogP contribution < -0.4 is 0 Å². The maximum atomic E-state index is 13.8. The molecule has 1 atom stereocenters. The van der Waals surface area contributed by atoms with Gasteiger partial charge in [0.05, 0.1) is 11.1 Å². The van der Waals surface area contributed by atoms with Crippen molar-refractivity contribution in [1.82, 2.24) is 0 Å². The molecule has 100 valence electrons. The van der Waals surface area contributed by atoms with Gasteiger partial charge in [-0.15, -0.1) is 0 Å². The van der Waals surface area contributed by atoms with E-state index < -0.39 is 11.9 Å². The van der Waals surface area contributed by atoms with Gasteiger partial charge in [0.25, 0.3) is 0 Å². The van der Waals surface area contributed by atoms with Crippen molar-refractivity contribution in [3.8, 4) is 0 Å². The molecule has 1 N–H and O–H groups in total. The van der Waals surface area contributed by atoms with Crippen molar-refractivity contribution < 1.29 is 9.50 Å². The van der Waals surface area contributed by atoms with Gasteiger partial charge >= 0.3 is 0 Å². The Morgan fingerprint density at radius 1 is 1.16 bits per heavy atom. The minimum absolute atomic E-state index is 0.0617. The summed E-state index contributed by atoms with van der Waals surface area (Å²) in [5.74, 6) is -0.485. The summed E-state index contributed by atoms with van der Waals surface area (Å²) in [5.41, 5.74) is 1.98. The van der Waals surface area contributed by atoms with Crippen LogP contribution in [0.3, 0.4) is 0 Å². The van der Waals surface area contributed by atoms with Crippen LogP contribution >= 0.6 is 23.2 Å². The summed E-state index contributed by atoms with van der Waals surface area (Å²) >= 11 is 11.7. The molecule has 1 unspecified atom stereocenters. The molecule has 19 heavy (non-hydrogen) atoms. The lowest BCUT2D eigenvalue weighted by Gasteiger charge is -2.13. The van der Waals surface area contributed by atoms with E-state index in [1.807, 2.05) is 13.0 Å². The smallest absolute Gasteiger partial charge is 0.145 e. The summed E-state index contributed by atoms with van der Waals surface area (Å²) in [6, 6.07) is 10.1. The van der Waals surface area contributed by atoms with Gasteiger partial charge in [0.1, 0.15) is 5.82 Å². The van der Waals surface area contributed by atoms with Crippen molar-refractivity contribution in [1.29, 1.82) is 0 Å². The molecule has 4 heteroatoms. The Morgan fingerprint density at radius 3 is 2.58 bits per heavy atom. The van der Waals surface area contributed by atoms with Crippen LogP contribution in [0.5, 0.6) is 0 Å². The molecule has 0 bridgehead atoms. The van der Waals surface area contributed by atoms with Crippen LogP contribution in [-0.4, -0.2) is 5.11 Å². The van der Waals surface area contributed by atoms with Crippen LogP contribution in [0, 0.1) is 12.7 Å². The lowest BCUT2D eigenvalue weighted by molar-refractivity contribution is 0.177. The van der Waals surface area contributed by atoms with Crippen molar-refractivity contribution >= 4 is 23.2 Å². The van der Waals surface area contributed by atoms with Gasteiger partial charge in [0.15, 0.2) is 0 Å². The average Bonchev–Trinajstić information content (AvgIpc) is 2.38. The highest BCUT2D eigenvalue weighted by Gasteiger charge is 2.14. The number of hydrogen-bond acceptors (Lipinski definition) is 1. The lowest BCUT2D eigenvalue weighted by atomic mass is 10.00. The molecule has 0 spiro atoms. The van der Waals surface area contributed by atoms with E-state index in [1.165, 1.54) is 6.07 Å². The van der Waals surface area contributed by atoms with E-state index in [1.54, 1.807) is 24.3 Å². The molecule has 0 saturated heterocycles. The second-order valence-corrected chi connectivity index (χ2v) is 5.26. The fraction of sp³-hybridized carbons (Fsp3) is 0.200. The Kier molecular flexibility index (Phi) is 4.46. The van der Waals surface area contributed by atoms with E-state index >= 15 is 0 Å². The minimum atomic E-state index is -0.814. The zero-order valence-electron chi connectivity index (χ0n) is 10.3. The number of aliphatic hydroxyl groups excluding tert-OH is 1. The monoisotopic (exact) mass is 298 g/mol. The first kappa shape index (κ1) is 14.3. The number of benzene rings is 2. The standard InChI is InChI=1S/C15H13Cl2FO/c1-9-5-6-10(7-13(9)17)14(19)8-11-3-2-4-12(16)15(11)18/h2-7,14,19H,8H2,1H3. The molecule has 0 fully saturated rings. The third-order valence-corrected chi connectivity index (χ3v) is 3.72. The quantitative estimate of drug-likeness (QED) is 0.869. The van der Waals surface area contributed by atoms with Gasteiger partial charge in [-0.1, -0.05) is 47.5 Å². The van der Waals surface area contributed by atoms with Crippen LogP contribution in [0.1, 0.15) is 22.8 Å².